The van der Waals surface area contributed by atoms with E-state index in [1.54, 1.807) is 45.0 Å². The number of hydrogen-bond donors (Lipinski definition) is 3. The van der Waals surface area contributed by atoms with Crippen LogP contribution in [0.4, 0.5) is 9.59 Å². The largest absolute Gasteiger partial charge is 0.445 e. The molecule has 0 bridgehead atoms. The van der Waals surface area contributed by atoms with Crippen LogP contribution >= 0.6 is 0 Å². The van der Waals surface area contributed by atoms with Crippen molar-refractivity contribution < 1.29 is 36.8 Å². The van der Waals surface area contributed by atoms with Crippen LogP contribution in [-0.4, -0.2) is 71.5 Å². The predicted octanol–water partition coefficient (Wildman–Crippen LogP) is 2.61. The van der Waals surface area contributed by atoms with E-state index in [-0.39, 0.29) is 31.7 Å². The first-order chi connectivity index (χ1) is 16.8. The van der Waals surface area contributed by atoms with Crippen molar-refractivity contribution in [2.45, 2.75) is 88.5 Å². The molecule has 1 saturated carbocycles. The van der Waals surface area contributed by atoms with Crippen molar-refractivity contribution in [2.75, 3.05) is 6.54 Å². The minimum absolute atomic E-state index is 0.0320. The summed E-state index contributed by atoms with van der Waals surface area (Å²) in [6, 6.07) is 7.60. The monoisotopic (exact) mass is 525 g/mol. The van der Waals surface area contributed by atoms with Gasteiger partial charge in [-0.05, 0) is 58.4 Å². The van der Waals surface area contributed by atoms with Crippen LogP contribution < -0.4 is 10.6 Å². The summed E-state index contributed by atoms with van der Waals surface area (Å²) in [4.78, 5) is 38.9. The number of carbonyl (C=O) groups is 3. The number of carbonyl (C=O) groups excluding carboxylic acids is 3. The number of benzene rings is 1. The molecule has 3 N–H and O–H groups in total. The second-order valence-corrected chi connectivity index (χ2v) is 12.0. The van der Waals surface area contributed by atoms with Crippen molar-refractivity contribution in [3.05, 3.63) is 35.9 Å². The first-order valence-corrected chi connectivity index (χ1v) is 13.6. The van der Waals surface area contributed by atoms with Crippen LogP contribution in [0, 0.1) is 0 Å². The van der Waals surface area contributed by atoms with Gasteiger partial charge in [-0.25, -0.2) is 9.59 Å². The lowest BCUT2D eigenvalue weighted by molar-refractivity contribution is -0.126. The molecule has 1 aromatic rings. The lowest BCUT2D eigenvalue weighted by Gasteiger charge is -2.32. The van der Waals surface area contributed by atoms with Gasteiger partial charge in [-0.3, -0.25) is 14.2 Å². The summed E-state index contributed by atoms with van der Waals surface area (Å²) in [5.41, 5.74) is 0.152. The Morgan fingerprint density at radius 1 is 1.03 bits per heavy atom. The number of nitrogens with one attached hydrogen (secondary N) is 2. The minimum Gasteiger partial charge on any atom is -0.445 e. The maximum Gasteiger partial charge on any atom is 0.410 e. The van der Waals surface area contributed by atoms with Crippen molar-refractivity contribution >= 4 is 28.2 Å². The fourth-order valence-electron chi connectivity index (χ4n) is 4.42. The third kappa shape index (κ3) is 8.09. The molecule has 0 radical (unpaired) electrons. The Hall–Kier alpha value is -2.86. The predicted molar refractivity (Wildman–Crippen MR) is 131 cm³/mol. The van der Waals surface area contributed by atoms with Crippen LogP contribution in [0.2, 0.25) is 0 Å². The van der Waals surface area contributed by atoms with E-state index in [2.05, 4.69) is 10.6 Å². The van der Waals surface area contributed by atoms with Gasteiger partial charge in [-0.2, -0.15) is 8.42 Å². The number of amides is 3. The smallest absolute Gasteiger partial charge is 0.410 e. The molecular formula is C24H35N3O8S. The van der Waals surface area contributed by atoms with Crippen molar-refractivity contribution in [1.29, 1.82) is 0 Å². The number of nitrogens with zero attached hydrogens (tertiary/aromatic N) is 1. The molecule has 11 nitrogen and oxygen atoms in total. The summed E-state index contributed by atoms with van der Waals surface area (Å²) in [6.07, 6.45) is 0.924. The fraction of sp³-hybridized carbons (Fsp3) is 0.625. The number of alkyl carbamates (subject to hydrolysis) is 1. The lowest BCUT2D eigenvalue weighted by atomic mass is 9.91. The number of hydrogen-bond acceptors (Lipinski definition) is 7. The normalized spacial score (nSPS) is 24.6. The summed E-state index contributed by atoms with van der Waals surface area (Å²) < 4.78 is 43.6. The third-order valence-electron chi connectivity index (χ3n) is 6.22. The molecule has 36 heavy (non-hydrogen) atoms. The Bertz CT molecular complexity index is 1030. The highest BCUT2D eigenvalue weighted by Gasteiger charge is 2.45. The molecule has 3 amide bonds. The van der Waals surface area contributed by atoms with Crippen LogP contribution in [-0.2, 0) is 31.0 Å². The molecule has 0 unspecified atom stereocenters. The van der Waals surface area contributed by atoms with Crippen molar-refractivity contribution in [3.8, 4) is 0 Å². The van der Waals surface area contributed by atoms with Crippen LogP contribution in [0.25, 0.3) is 0 Å². The zero-order chi connectivity index (χ0) is 26.5. The van der Waals surface area contributed by atoms with Crippen LogP contribution in [0.5, 0.6) is 0 Å². The summed E-state index contributed by atoms with van der Waals surface area (Å²) in [5, 5.41) is 4.46. The zero-order valence-electron chi connectivity index (χ0n) is 20.8. The molecule has 3 rings (SSSR count). The molecule has 1 aromatic carbocycles. The lowest BCUT2D eigenvalue weighted by Crippen LogP contribution is -2.51. The fourth-order valence-corrected chi connectivity index (χ4v) is 5.19. The molecule has 2 atom stereocenters. The standard InChI is InChI=1S/C24H35N3O8S/c1-24(2,3)35-22(29)26-18-11-9-17(10-12-18)25-21(28)20-13-19(36(31,32)33)14-27(20)23(30)34-15-16-7-5-4-6-8-16/h4-8,17-20H,9-15H2,1-3H3,(H,25,28)(H,26,29)(H,31,32,33)/t17?,18?,19-,20-/m0/s1. The summed E-state index contributed by atoms with van der Waals surface area (Å²) in [5.74, 6) is -0.499. The van der Waals surface area contributed by atoms with Gasteiger partial charge >= 0.3 is 12.2 Å². The van der Waals surface area contributed by atoms with Crippen LogP contribution in [0.15, 0.2) is 30.3 Å². The molecule has 2 fully saturated rings. The van der Waals surface area contributed by atoms with Crippen LogP contribution in [0.1, 0.15) is 58.4 Å². The SMILES string of the molecule is CC(C)(C)OC(=O)NC1CCC(NC(=O)[C@@H]2C[C@H](S(=O)(=O)O)CN2C(=O)OCc2ccccc2)CC1. The van der Waals surface area contributed by atoms with Gasteiger partial charge in [0.1, 0.15) is 23.5 Å². The molecule has 0 aromatic heterocycles. The van der Waals surface area contributed by atoms with E-state index in [0.29, 0.717) is 25.7 Å². The molecule has 1 aliphatic heterocycles. The summed E-state index contributed by atoms with van der Waals surface area (Å²) in [6.45, 7) is 4.99. The van der Waals surface area contributed by atoms with E-state index in [0.717, 1.165) is 10.5 Å². The van der Waals surface area contributed by atoms with Gasteiger partial charge in [0.05, 0.1) is 0 Å². The van der Waals surface area contributed by atoms with Gasteiger partial charge in [0, 0.05) is 18.6 Å². The van der Waals surface area contributed by atoms with Crippen molar-refractivity contribution in [1.82, 2.24) is 15.5 Å². The van der Waals surface area contributed by atoms with Crippen molar-refractivity contribution in [2.24, 2.45) is 0 Å². The first-order valence-electron chi connectivity index (χ1n) is 12.1. The molecule has 1 aliphatic carbocycles. The maximum absolute atomic E-state index is 13.1. The number of rotatable bonds is 6. The molecule has 1 saturated heterocycles. The molecular weight excluding hydrogens is 490 g/mol. The van der Waals surface area contributed by atoms with E-state index in [4.69, 9.17) is 9.47 Å². The Morgan fingerprint density at radius 3 is 2.17 bits per heavy atom. The topological polar surface area (TPSA) is 151 Å². The molecule has 0 spiro atoms. The van der Waals surface area contributed by atoms with Gasteiger partial charge in [-0.15, -0.1) is 0 Å². The Balaban J connectivity index is 1.55. The van der Waals surface area contributed by atoms with Crippen LogP contribution in [0.3, 0.4) is 0 Å². The highest BCUT2D eigenvalue weighted by Crippen LogP contribution is 2.26. The summed E-state index contributed by atoms with van der Waals surface area (Å²) in [7, 11) is -4.45. The maximum atomic E-state index is 13.1. The molecule has 2 aliphatic rings. The molecule has 1 heterocycles. The van der Waals surface area contributed by atoms with Crippen molar-refractivity contribution in [3.63, 3.8) is 0 Å². The van der Waals surface area contributed by atoms with Gasteiger partial charge in [-0.1, -0.05) is 30.3 Å². The third-order valence-corrected chi connectivity index (χ3v) is 7.40. The van der Waals surface area contributed by atoms with Gasteiger partial charge < -0.3 is 20.1 Å². The van der Waals surface area contributed by atoms with Gasteiger partial charge in [0.25, 0.3) is 10.1 Å². The van der Waals surface area contributed by atoms with Gasteiger partial charge in [0.2, 0.25) is 5.91 Å². The van der Waals surface area contributed by atoms with E-state index in [1.165, 1.54) is 0 Å². The molecule has 200 valence electrons. The second-order valence-electron chi connectivity index (χ2n) is 10.3. The van der Waals surface area contributed by atoms with E-state index in [9.17, 15) is 27.4 Å². The Morgan fingerprint density at radius 2 is 1.61 bits per heavy atom. The minimum atomic E-state index is -4.45. The highest BCUT2D eigenvalue weighted by atomic mass is 32.2. The average molecular weight is 526 g/mol. The summed E-state index contributed by atoms with van der Waals surface area (Å²) >= 11 is 0. The molecule has 12 heteroatoms. The number of ether oxygens (including phenoxy) is 2. The van der Waals surface area contributed by atoms with E-state index >= 15 is 0 Å². The number of likely N-dealkylation sites (tertiary alicyclic amines) is 1. The van der Waals surface area contributed by atoms with E-state index < -0.39 is 45.1 Å². The zero-order valence-corrected chi connectivity index (χ0v) is 21.6. The average Bonchev–Trinajstić information content (AvgIpc) is 3.25. The second kappa shape index (κ2) is 11.5. The highest BCUT2D eigenvalue weighted by molar-refractivity contribution is 7.86. The Kier molecular flexibility index (Phi) is 8.83. The Labute approximate surface area is 211 Å². The van der Waals surface area contributed by atoms with Gasteiger partial charge in [0.15, 0.2) is 0 Å². The van der Waals surface area contributed by atoms with E-state index in [1.807, 2.05) is 6.07 Å². The first kappa shape index (κ1) is 27.7. The quantitative estimate of drug-likeness (QED) is 0.480.